The van der Waals surface area contributed by atoms with E-state index in [9.17, 15) is 27.6 Å². The second-order valence-electron chi connectivity index (χ2n) is 11.9. The van der Waals surface area contributed by atoms with E-state index in [1.165, 1.54) is 0 Å². The first-order valence-electron chi connectivity index (χ1n) is 16.0. The Balaban J connectivity index is 2.13. The second-order valence-corrected chi connectivity index (χ2v) is 12.3. The summed E-state index contributed by atoms with van der Waals surface area (Å²) in [4.78, 5) is 42.7. The molecule has 2 heterocycles. The SMILES string of the molecule is C=C(C=C(C)C)C(=O)N(CCC)CCc1c(CCC)[nH]n(C)c(C2=CCNCC2)nn(CC(=O)Nc2ccc(C(F)(F)F)cc2Cl)c1=O. The molecule has 262 valence electrons. The van der Waals surface area contributed by atoms with E-state index in [1.807, 2.05) is 33.8 Å². The smallest absolute Gasteiger partial charge is 0.338 e. The molecule has 14 heteroatoms. The second kappa shape index (κ2) is 17.3. The van der Waals surface area contributed by atoms with Crippen molar-refractivity contribution in [2.75, 3.05) is 31.5 Å². The van der Waals surface area contributed by atoms with Gasteiger partial charge in [0.15, 0.2) is 5.82 Å². The van der Waals surface area contributed by atoms with Gasteiger partial charge in [-0.1, -0.05) is 56.2 Å². The van der Waals surface area contributed by atoms with Crippen molar-refractivity contribution in [3.63, 3.8) is 0 Å². The van der Waals surface area contributed by atoms with E-state index in [1.54, 1.807) is 22.7 Å². The first-order chi connectivity index (χ1) is 22.7. The van der Waals surface area contributed by atoms with Crippen molar-refractivity contribution in [1.82, 2.24) is 29.8 Å². The fourth-order valence-corrected chi connectivity index (χ4v) is 5.55. The number of allylic oxidation sites excluding steroid dienone is 1. The third kappa shape index (κ3) is 10.4. The average Bonchev–Trinajstić information content (AvgIpc) is 3.02. The highest BCUT2D eigenvalue weighted by atomic mass is 35.5. The van der Waals surface area contributed by atoms with Crippen LogP contribution in [0.4, 0.5) is 18.9 Å². The number of H-pyrrole nitrogens is 1. The molecule has 0 saturated heterocycles. The van der Waals surface area contributed by atoms with E-state index in [-0.39, 0.29) is 29.6 Å². The molecule has 2 amide bonds. The maximum absolute atomic E-state index is 14.4. The summed E-state index contributed by atoms with van der Waals surface area (Å²) < 4.78 is 42.3. The minimum atomic E-state index is -4.60. The number of alkyl halides is 3. The Morgan fingerprint density at radius 3 is 2.48 bits per heavy atom. The highest BCUT2D eigenvalue weighted by Crippen LogP contribution is 2.33. The lowest BCUT2D eigenvalue weighted by Crippen LogP contribution is -2.37. The minimum Gasteiger partial charge on any atom is -0.338 e. The normalized spacial score (nSPS) is 13.0. The summed E-state index contributed by atoms with van der Waals surface area (Å²) in [6, 6.07) is 2.61. The van der Waals surface area contributed by atoms with Gasteiger partial charge in [-0.25, -0.2) is 4.68 Å². The van der Waals surface area contributed by atoms with Gasteiger partial charge < -0.3 is 20.6 Å². The third-order valence-corrected chi connectivity index (χ3v) is 7.87. The van der Waals surface area contributed by atoms with E-state index in [0.29, 0.717) is 68.0 Å². The maximum atomic E-state index is 14.4. The van der Waals surface area contributed by atoms with Gasteiger partial charge in [-0.3, -0.25) is 19.1 Å². The number of aromatic amines is 1. The predicted octanol–water partition coefficient (Wildman–Crippen LogP) is 5.98. The van der Waals surface area contributed by atoms with E-state index in [4.69, 9.17) is 11.6 Å². The molecule has 1 aliphatic heterocycles. The minimum absolute atomic E-state index is 0.0361. The first kappa shape index (κ1) is 38.3. The summed E-state index contributed by atoms with van der Waals surface area (Å²) in [5.41, 5.74) is 1.61. The van der Waals surface area contributed by atoms with Gasteiger partial charge in [-0.15, -0.1) is 5.10 Å². The number of rotatable bonds is 13. The van der Waals surface area contributed by atoms with Gasteiger partial charge in [0.25, 0.3) is 11.5 Å². The van der Waals surface area contributed by atoms with Crippen molar-refractivity contribution in [3.05, 3.63) is 86.1 Å². The zero-order valence-corrected chi connectivity index (χ0v) is 28.9. The van der Waals surface area contributed by atoms with Crippen LogP contribution >= 0.6 is 11.6 Å². The van der Waals surface area contributed by atoms with Crippen molar-refractivity contribution in [1.29, 1.82) is 0 Å². The van der Waals surface area contributed by atoms with Gasteiger partial charge in [0.05, 0.1) is 16.3 Å². The molecule has 1 aromatic heterocycles. The molecule has 1 aromatic carbocycles. The molecule has 3 N–H and O–H groups in total. The number of carbonyl (C=O) groups excluding carboxylic acids is 2. The zero-order valence-electron chi connectivity index (χ0n) is 28.2. The molecule has 2 aromatic rings. The fraction of sp³-hybridized carbons (Fsp3) is 0.471. The van der Waals surface area contributed by atoms with Gasteiger partial charge in [-0.05, 0) is 69.8 Å². The Bertz CT molecular complexity index is 1680. The highest BCUT2D eigenvalue weighted by molar-refractivity contribution is 6.33. The zero-order chi connectivity index (χ0) is 35.6. The van der Waals surface area contributed by atoms with Crippen LogP contribution in [-0.2, 0) is 42.2 Å². The van der Waals surface area contributed by atoms with Crippen molar-refractivity contribution in [2.24, 2.45) is 7.05 Å². The van der Waals surface area contributed by atoms with Crippen molar-refractivity contribution in [2.45, 2.75) is 72.5 Å². The van der Waals surface area contributed by atoms with Crippen LogP contribution in [0.15, 0.2) is 52.9 Å². The van der Waals surface area contributed by atoms with Gasteiger partial charge >= 0.3 is 6.18 Å². The Kier molecular flexibility index (Phi) is 13.9. The molecule has 0 atom stereocenters. The number of nitrogens with zero attached hydrogens (tertiary/aromatic N) is 4. The van der Waals surface area contributed by atoms with Crippen LogP contribution < -0.4 is 16.2 Å². The predicted molar refractivity (Wildman–Crippen MR) is 183 cm³/mol. The Hall–Kier alpha value is -4.10. The van der Waals surface area contributed by atoms with Crippen molar-refractivity contribution >= 4 is 34.7 Å². The molecular weight excluding hydrogens is 647 g/mol. The van der Waals surface area contributed by atoms with E-state index in [2.05, 4.69) is 27.4 Å². The third-order valence-electron chi connectivity index (χ3n) is 7.56. The number of hydrogen-bond acceptors (Lipinski definition) is 5. The summed E-state index contributed by atoms with van der Waals surface area (Å²) >= 11 is 6.09. The largest absolute Gasteiger partial charge is 0.416 e. The molecule has 0 fully saturated rings. The lowest BCUT2D eigenvalue weighted by molar-refractivity contribution is -0.137. The summed E-state index contributed by atoms with van der Waals surface area (Å²) in [7, 11) is 1.78. The van der Waals surface area contributed by atoms with Gasteiger partial charge in [0.2, 0.25) is 5.91 Å². The molecule has 1 aliphatic rings. The molecule has 0 aliphatic carbocycles. The van der Waals surface area contributed by atoms with Gasteiger partial charge in [-0.2, -0.15) is 13.2 Å². The number of anilines is 1. The summed E-state index contributed by atoms with van der Waals surface area (Å²) in [6.45, 7) is 13.1. The van der Waals surface area contributed by atoms with Crippen LogP contribution in [0.1, 0.15) is 69.6 Å². The first-order valence-corrected chi connectivity index (χ1v) is 16.4. The lowest BCUT2D eigenvalue weighted by Gasteiger charge is -2.23. The number of aromatic nitrogens is 4. The molecule has 0 bridgehead atoms. The van der Waals surface area contributed by atoms with Crippen LogP contribution in [0, 0.1) is 0 Å². The molecule has 0 unspecified atom stereocenters. The molecule has 48 heavy (non-hydrogen) atoms. The lowest BCUT2D eigenvalue weighted by atomic mass is 10.1. The highest BCUT2D eigenvalue weighted by Gasteiger charge is 2.31. The molecule has 0 saturated carbocycles. The van der Waals surface area contributed by atoms with E-state index in [0.717, 1.165) is 34.0 Å². The molecular formula is C34H45ClF3N7O3. The average molecular weight is 692 g/mol. The van der Waals surface area contributed by atoms with Crippen LogP contribution in [0.5, 0.6) is 0 Å². The van der Waals surface area contributed by atoms with Crippen molar-refractivity contribution < 1.29 is 22.8 Å². The number of aryl methyl sites for hydroxylation is 2. The number of hydrogen-bond donors (Lipinski definition) is 3. The Labute approximate surface area is 284 Å². The number of halogens is 4. The summed E-state index contributed by atoms with van der Waals surface area (Å²) in [6.07, 6.45) is 1.78. The van der Waals surface area contributed by atoms with Crippen LogP contribution in [0.2, 0.25) is 5.02 Å². The summed E-state index contributed by atoms with van der Waals surface area (Å²) in [5, 5.41) is 13.5. The topological polar surface area (TPSA) is 117 Å². The monoisotopic (exact) mass is 691 g/mol. The van der Waals surface area contributed by atoms with Crippen LogP contribution in [0.25, 0.3) is 5.57 Å². The number of nitrogens with one attached hydrogen (secondary N) is 3. The Morgan fingerprint density at radius 1 is 1.17 bits per heavy atom. The number of benzene rings is 1. The van der Waals surface area contributed by atoms with Gasteiger partial charge in [0.1, 0.15) is 6.54 Å². The Morgan fingerprint density at radius 2 is 1.90 bits per heavy atom. The maximum Gasteiger partial charge on any atom is 0.416 e. The molecule has 0 radical (unpaired) electrons. The van der Waals surface area contributed by atoms with Crippen molar-refractivity contribution in [3.8, 4) is 0 Å². The van der Waals surface area contributed by atoms with Gasteiger partial charge in [0, 0.05) is 43.5 Å². The molecule has 0 spiro atoms. The standard InChI is InChI=1S/C34H45ClF3N7O3/c1-7-9-28-26(14-18-44(17-8-2)32(47)23(5)19-22(3)4)33(48)45(42-31(43(6)41-28)24-12-15-39-16-13-24)21-30(46)40-29-11-10-25(20-27(29)35)34(36,37)38/h10-12,19-20,39,41H,5,7-9,13-18,21H2,1-4,6H3,(H,40,46). The van der Waals surface area contributed by atoms with E-state index < -0.39 is 29.8 Å². The van der Waals surface area contributed by atoms with E-state index >= 15 is 0 Å². The molecule has 10 nitrogen and oxygen atoms in total. The van der Waals surface area contributed by atoms with Crippen LogP contribution in [-0.4, -0.2) is 62.5 Å². The van der Waals surface area contributed by atoms with Crippen LogP contribution in [0.3, 0.4) is 0 Å². The number of amides is 2. The quantitative estimate of drug-likeness (QED) is 0.177. The fourth-order valence-electron chi connectivity index (χ4n) is 5.33. The number of carbonyl (C=O) groups is 2. The summed E-state index contributed by atoms with van der Waals surface area (Å²) in [5.74, 6) is -0.499. The molecule has 3 rings (SSSR count).